The Morgan fingerprint density at radius 2 is 2.20 bits per heavy atom. The molecule has 1 aliphatic heterocycles. The summed E-state index contributed by atoms with van der Waals surface area (Å²) in [5.41, 5.74) is 1.89. The molecule has 2 N–H and O–H groups in total. The van der Waals surface area contributed by atoms with Gasteiger partial charge in [-0.2, -0.15) is 4.98 Å². The van der Waals surface area contributed by atoms with Crippen molar-refractivity contribution in [3.05, 3.63) is 53.5 Å². The lowest BCUT2D eigenvalue weighted by atomic mass is 9.97. The van der Waals surface area contributed by atoms with Gasteiger partial charge >= 0.3 is 0 Å². The molecule has 1 amide bonds. The van der Waals surface area contributed by atoms with E-state index in [4.69, 9.17) is 4.52 Å². The molecule has 4 aromatic rings. The van der Waals surface area contributed by atoms with Crippen molar-refractivity contribution in [1.29, 1.82) is 0 Å². The Kier molecular flexibility index (Phi) is 5.29. The number of carbonyl (C=O) groups excluding carboxylic acids is 1. The largest absolute Gasteiger partial charge is 0.349 e. The number of para-hydroxylation sites is 2. The van der Waals surface area contributed by atoms with Gasteiger partial charge in [-0.25, -0.2) is 4.98 Å². The molecule has 30 heavy (non-hydrogen) atoms. The number of piperidine rings is 1. The molecular weight excluding hydrogens is 400 g/mol. The lowest BCUT2D eigenvalue weighted by molar-refractivity contribution is -0.127. The van der Waals surface area contributed by atoms with Gasteiger partial charge in [0.25, 0.3) is 0 Å². The summed E-state index contributed by atoms with van der Waals surface area (Å²) in [4.78, 5) is 28.2. The van der Waals surface area contributed by atoms with Gasteiger partial charge in [-0.05, 0) is 43.0 Å². The van der Waals surface area contributed by atoms with Crippen molar-refractivity contribution in [3.63, 3.8) is 0 Å². The third-order valence-electron chi connectivity index (χ3n) is 5.31. The van der Waals surface area contributed by atoms with Crippen LogP contribution in [0.5, 0.6) is 0 Å². The minimum atomic E-state index is -0.0529. The first-order chi connectivity index (χ1) is 14.7. The van der Waals surface area contributed by atoms with E-state index >= 15 is 0 Å². The van der Waals surface area contributed by atoms with Gasteiger partial charge in [0.05, 0.1) is 34.9 Å². The Balaban J connectivity index is 1.16. The molecule has 0 saturated carbocycles. The van der Waals surface area contributed by atoms with E-state index in [2.05, 4.69) is 30.3 Å². The van der Waals surface area contributed by atoms with Crippen molar-refractivity contribution in [1.82, 2.24) is 30.3 Å². The second-order valence-corrected chi connectivity index (χ2v) is 8.43. The first-order valence-electron chi connectivity index (χ1n) is 10.0. The van der Waals surface area contributed by atoms with Crippen molar-refractivity contribution in [2.24, 2.45) is 5.92 Å². The summed E-state index contributed by atoms with van der Waals surface area (Å²) in [6.07, 6.45) is 1.85. The molecule has 5 rings (SSSR count). The fraction of sp³-hybridized carbons (Fsp3) is 0.333. The number of fused-ring (bicyclic) bond motifs is 1. The topological polar surface area (TPSA) is 99.9 Å². The van der Waals surface area contributed by atoms with Crippen LogP contribution in [0.2, 0.25) is 0 Å². The monoisotopic (exact) mass is 422 g/mol. The molecule has 0 radical (unpaired) electrons. The summed E-state index contributed by atoms with van der Waals surface area (Å²) >= 11 is 1.59. The Hall–Kier alpha value is -3.04. The molecule has 8 nitrogen and oxygen atoms in total. The molecule has 0 unspecified atom stereocenters. The lowest BCUT2D eigenvalue weighted by Gasteiger charge is -2.30. The second kappa shape index (κ2) is 8.37. The minimum Gasteiger partial charge on any atom is -0.349 e. The van der Waals surface area contributed by atoms with Crippen LogP contribution in [0, 0.1) is 5.92 Å². The summed E-state index contributed by atoms with van der Waals surface area (Å²) in [6, 6.07) is 11.8. The normalized spacial score (nSPS) is 17.4. The number of nitrogens with one attached hydrogen (secondary N) is 2. The summed E-state index contributed by atoms with van der Waals surface area (Å²) < 4.78 is 5.41. The van der Waals surface area contributed by atoms with Gasteiger partial charge in [-0.1, -0.05) is 23.4 Å². The summed E-state index contributed by atoms with van der Waals surface area (Å²) in [5, 5.41) is 9.09. The number of hydrogen-bond donors (Lipinski definition) is 2. The SMILES string of the molecule is O=C(NCc1nc2ccccc2[nH]1)[C@H]1CCCN(Cc2nc(-c3cccs3)no2)C1. The van der Waals surface area contributed by atoms with Gasteiger partial charge in [-0.15, -0.1) is 11.3 Å². The highest BCUT2D eigenvalue weighted by atomic mass is 32.1. The second-order valence-electron chi connectivity index (χ2n) is 7.48. The number of imidazole rings is 1. The van der Waals surface area contributed by atoms with Crippen LogP contribution in [-0.4, -0.2) is 44.0 Å². The molecule has 0 aliphatic carbocycles. The van der Waals surface area contributed by atoms with Gasteiger partial charge < -0.3 is 14.8 Å². The zero-order chi connectivity index (χ0) is 20.3. The number of hydrogen-bond acceptors (Lipinski definition) is 7. The van der Waals surface area contributed by atoms with Crippen LogP contribution in [-0.2, 0) is 17.9 Å². The van der Waals surface area contributed by atoms with Gasteiger partial charge in [-0.3, -0.25) is 9.69 Å². The number of thiophene rings is 1. The van der Waals surface area contributed by atoms with Gasteiger partial charge in [0.2, 0.25) is 17.6 Å². The highest BCUT2D eigenvalue weighted by molar-refractivity contribution is 7.13. The molecule has 0 spiro atoms. The van der Waals surface area contributed by atoms with E-state index in [0.29, 0.717) is 31.3 Å². The highest BCUT2D eigenvalue weighted by Crippen LogP contribution is 2.23. The smallest absolute Gasteiger partial charge is 0.241 e. The molecule has 1 atom stereocenters. The number of rotatable bonds is 6. The van der Waals surface area contributed by atoms with Crippen LogP contribution in [0.3, 0.4) is 0 Å². The Morgan fingerprint density at radius 1 is 1.27 bits per heavy atom. The van der Waals surface area contributed by atoms with Crippen LogP contribution in [0.1, 0.15) is 24.6 Å². The van der Waals surface area contributed by atoms with Crippen LogP contribution >= 0.6 is 11.3 Å². The van der Waals surface area contributed by atoms with E-state index < -0.39 is 0 Å². The average Bonchev–Trinajstić information content (AvgIpc) is 3.52. The van der Waals surface area contributed by atoms with Crippen LogP contribution in [0.25, 0.3) is 21.7 Å². The first kappa shape index (κ1) is 19.0. The minimum absolute atomic E-state index is 0.0529. The average molecular weight is 423 g/mol. The zero-order valence-electron chi connectivity index (χ0n) is 16.4. The fourth-order valence-corrected chi connectivity index (χ4v) is 4.48. The van der Waals surface area contributed by atoms with E-state index in [1.807, 2.05) is 41.8 Å². The maximum atomic E-state index is 12.7. The van der Waals surface area contributed by atoms with Crippen LogP contribution in [0.4, 0.5) is 0 Å². The van der Waals surface area contributed by atoms with E-state index in [1.54, 1.807) is 11.3 Å². The van der Waals surface area contributed by atoms with Gasteiger partial charge in [0.1, 0.15) is 5.82 Å². The number of benzene rings is 1. The number of aromatic amines is 1. The third-order valence-corrected chi connectivity index (χ3v) is 6.18. The molecule has 154 valence electrons. The molecule has 9 heteroatoms. The molecule has 3 aromatic heterocycles. The third kappa shape index (κ3) is 4.12. The first-order valence-corrected chi connectivity index (χ1v) is 10.9. The Labute approximate surface area is 177 Å². The number of nitrogens with zero attached hydrogens (tertiary/aromatic N) is 4. The van der Waals surface area contributed by atoms with Crippen molar-refractivity contribution < 1.29 is 9.32 Å². The number of aromatic nitrogens is 4. The van der Waals surface area contributed by atoms with Crippen molar-refractivity contribution >= 4 is 28.3 Å². The number of likely N-dealkylation sites (tertiary alicyclic amines) is 1. The summed E-state index contributed by atoms with van der Waals surface area (Å²) in [5.74, 6) is 1.98. The summed E-state index contributed by atoms with van der Waals surface area (Å²) in [6.45, 7) is 2.57. The Morgan fingerprint density at radius 3 is 3.07 bits per heavy atom. The van der Waals surface area contributed by atoms with Gasteiger partial charge in [0.15, 0.2) is 0 Å². The number of amides is 1. The van der Waals surface area contributed by atoms with E-state index in [-0.39, 0.29) is 11.8 Å². The van der Waals surface area contributed by atoms with Crippen LogP contribution < -0.4 is 5.32 Å². The maximum Gasteiger partial charge on any atom is 0.241 e. The molecule has 4 heterocycles. The quantitative estimate of drug-likeness (QED) is 0.495. The fourth-order valence-electron chi connectivity index (χ4n) is 3.83. The predicted octanol–water partition coefficient (Wildman–Crippen LogP) is 3.20. The van der Waals surface area contributed by atoms with Gasteiger partial charge in [0, 0.05) is 6.54 Å². The van der Waals surface area contributed by atoms with Crippen molar-refractivity contribution in [2.45, 2.75) is 25.9 Å². The molecule has 1 fully saturated rings. The molecule has 1 aromatic carbocycles. The standard InChI is InChI=1S/C21H22N6O2S/c28-21(22-11-18-23-15-6-1-2-7-16(15)24-18)14-5-3-9-27(12-14)13-19-25-20(26-29-19)17-8-4-10-30-17/h1-2,4,6-8,10,14H,3,5,9,11-13H2,(H,22,28)(H,23,24)/t14-/m0/s1. The van der Waals surface area contributed by atoms with E-state index in [0.717, 1.165) is 41.1 Å². The van der Waals surface area contributed by atoms with Crippen LogP contribution in [0.15, 0.2) is 46.3 Å². The molecular formula is C21H22N6O2S. The molecule has 1 saturated heterocycles. The Bertz CT molecular complexity index is 1100. The zero-order valence-corrected chi connectivity index (χ0v) is 17.2. The number of H-pyrrole nitrogens is 1. The van der Waals surface area contributed by atoms with Crippen molar-refractivity contribution in [3.8, 4) is 10.7 Å². The maximum absolute atomic E-state index is 12.7. The predicted molar refractivity (Wildman–Crippen MR) is 114 cm³/mol. The van der Waals surface area contributed by atoms with E-state index in [9.17, 15) is 4.79 Å². The molecule has 1 aliphatic rings. The molecule has 0 bridgehead atoms. The highest BCUT2D eigenvalue weighted by Gasteiger charge is 2.27. The lowest BCUT2D eigenvalue weighted by Crippen LogP contribution is -2.42. The number of carbonyl (C=O) groups is 1. The van der Waals surface area contributed by atoms with Crippen molar-refractivity contribution in [2.75, 3.05) is 13.1 Å². The summed E-state index contributed by atoms with van der Waals surface area (Å²) in [7, 11) is 0. The van der Waals surface area contributed by atoms with E-state index in [1.165, 1.54) is 0 Å².